The number of carboxylic acids is 1. The maximum absolute atomic E-state index is 12.1. The summed E-state index contributed by atoms with van der Waals surface area (Å²) in [6.07, 6.45) is 0.910. The van der Waals surface area contributed by atoms with E-state index in [2.05, 4.69) is 0 Å². The van der Waals surface area contributed by atoms with Gasteiger partial charge in [-0.05, 0) is 32.8 Å². The molecule has 6 nitrogen and oxygen atoms in total. The third-order valence-corrected chi connectivity index (χ3v) is 4.40. The van der Waals surface area contributed by atoms with Crippen molar-refractivity contribution in [3.8, 4) is 0 Å². The number of amides is 1. The number of carbonyl (C=O) groups excluding carboxylic acids is 2. The molecule has 0 aromatic heterocycles. The molecule has 1 heterocycles. The molecular weight excluding hydrogens is 320 g/mol. The molecule has 0 bridgehead atoms. The molecule has 1 aromatic carbocycles. The molecule has 1 aliphatic heterocycles. The summed E-state index contributed by atoms with van der Waals surface area (Å²) >= 11 is 0. The number of quaternary nitrogens is 1. The molecule has 0 radical (unpaired) electrons. The largest absolute Gasteiger partial charge is 0.544 e. The topological polar surface area (TPSA) is 74.1 Å². The lowest BCUT2D eigenvalue weighted by Crippen LogP contribution is -3.19. The average molecular weight is 348 g/mol. The van der Waals surface area contributed by atoms with E-state index in [0.29, 0.717) is 39.0 Å². The Bertz CT molecular complexity index is 575. The van der Waals surface area contributed by atoms with Crippen molar-refractivity contribution in [3.05, 3.63) is 35.9 Å². The van der Waals surface area contributed by atoms with Crippen LogP contribution < -0.4 is 10.0 Å². The number of ether oxygens (including phenoxy) is 1. The first-order valence-corrected chi connectivity index (χ1v) is 8.83. The van der Waals surface area contributed by atoms with Crippen molar-refractivity contribution in [2.45, 2.75) is 45.3 Å². The molecule has 25 heavy (non-hydrogen) atoms. The van der Waals surface area contributed by atoms with Gasteiger partial charge >= 0.3 is 6.09 Å². The fourth-order valence-electron chi connectivity index (χ4n) is 3.10. The lowest BCUT2D eigenvalue weighted by atomic mass is 10.0. The molecule has 1 atom stereocenters. The van der Waals surface area contributed by atoms with Crippen LogP contribution in [0.1, 0.15) is 32.8 Å². The summed E-state index contributed by atoms with van der Waals surface area (Å²) < 4.78 is 5.37. The highest BCUT2D eigenvalue weighted by Gasteiger charge is 2.31. The van der Waals surface area contributed by atoms with Crippen LogP contribution in [0.15, 0.2) is 30.3 Å². The van der Waals surface area contributed by atoms with Crippen molar-refractivity contribution in [3.63, 3.8) is 0 Å². The lowest BCUT2D eigenvalue weighted by Gasteiger charge is -2.37. The van der Waals surface area contributed by atoms with Crippen LogP contribution in [0.3, 0.4) is 0 Å². The molecule has 1 saturated heterocycles. The predicted molar refractivity (Wildman–Crippen MR) is 92.1 cm³/mol. The molecule has 1 N–H and O–H groups in total. The fourth-order valence-corrected chi connectivity index (χ4v) is 3.10. The first-order valence-electron chi connectivity index (χ1n) is 8.83. The van der Waals surface area contributed by atoms with Crippen molar-refractivity contribution in [2.24, 2.45) is 0 Å². The molecule has 0 aliphatic carbocycles. The molecule has 0 saturated carbocycles. The Morgan fingerprint density at radius 3 is 2.32 bits per heavy atom. The Morgan fingerprint density at radius 1 is 1.20 bits per heavy atom. The molecule has 1 fully saturated rings. The summed E-state index contributed by atoms with van der Waals surface area (Å²) in [7, 11) is 0. The van der Waals surface area contributed by atoms with Crippen LogP contribution in [-0.4, -0.2) is 54.8 Å². The van der Waals surface area contributed by atoms with Gasteiger partial charge in [0.2, 0.25) is 0 Å². The van der Waals surface area contributed by atoms with E-state index in [0.717, 1.165) is 10.5 Å². The number of hydrogen-bond acceptors (Lipinski definition) is 4. The highest BCUT2D eigenvalue weighted by atomic mass is 16.6. The number of aryl methyl sites for hydroxylation is 1. The van der Waals surface area contributed by atoms with Crippen LogP contribution in [0.4, 0.5) is 4.79 Å². The highest BCUT2D eigenvalue weighted by Crippen LogP contribution is 2.10. The summed E-state index contributed by atoms with van der Waals surface area (Å²) in [4.78, 5) is 26.3. The first kappa shape index (κ1) is 19.2. The first-order chi connectivity index (χ1) is 11.8. The zero-order valence-electron chi connectivity index (χ0n) is 15.3. The van der Waals surface area contributed by atoms with Gasteiger partial charge in [-0.1, -0.05) is 30.3 Å². The molecule has 1 aromatic rings. The van der Waals surface area contributed by atoms with Gasteiger partial charge in [-0.2, -0.15) is 0 Å². The third-order valence-electron chi connectivity index (χ3n) is 4.40. The summed E-state index contributed by atoms with van der Waals surface area (Å²) in [5, 5.41) is 11.6. The van der Waals surface area contributed by atoms with E-state index < -0.39 is 17.6 Å². The van der Waals surface area contributed by atoms with E-state index in [9.17, 15) is 14.7 Å². The van der Waals surface area contributed by atoms with Gasteiger partial charge in [-0.3, -0.25) is 4.90 Å². The molecule has 0 unspecified atom stereocenters. The lowest BCUT2D eigenvalue weighted by molar-refractivity contribution is -0.922. The van der Waals surface area contributed by atoms with Gasteiger partial charge in [-0.25, -0.2) is 4.79 Å². The Labute approximate surface area is 149 Å². The van der Waals surface area contributed by atoms with Gasteiger partial charge in [0.15, 0.2) is 0 Å². The van der Waals surface area contributed by atoms with E-state index in [1.807, 2.05) is 51.1 Å². The third kappa shape index (κ3) is 6.05. The zero-order valence-corrected chi connectivity index (χ0v) is 15.3. The number of piperazine rings is 1. The van der Waals surface area contributed by atoms with Crippen molar-refractivity contribution in [1.82, 2.24) is 4.90 Å². The fraction of sp³-hybridized carbons (Fsp3) is 0.579. The number of nitrogens with one attached hydrogen (secondary N) is 1. The van der Waals surface area contributed by atoms with Crippen LogP contribution >= 0.6 is 0 Å². The minimum Gasteiger partial charge on any atom is -0.544 e. The second kappa shape index (κ2) is 8.34. The molecule has 2 rings (SSSR count). The smallest absolute Gasteiger partial charge is 0.410 e. The maximum Gasteiger partial charge on any atom is 0.410 e. The number of nitrogens with zero attached hydrogens (tertiary/aromatic N) is 1. The van der Waals surface area contributed by atoms with E-state index >= 15 is 0 Å². The van der Waals surface area contributed by atoms with Crippen LogP contribution in [0, 0.1) is 0 Å². The Morgan fingerprint density at radius 2 is 1.80 bits per heavy atom. The normalized spacial score (nSPS) is 17.2. The van der Waals surface area contributed by atoms with Crippen molar-refractivity contribution >= 4 is 12.1 Å². The number of carboxylic acid groups (broad SMARTS) is 1. The summed E-state index contributed by atoms with van der Waals surface area (Å²) in [5.74, 6) is -1.02. The Kier molecular flexibility index (Phi) is 6.42. The number of rotatable bonds is 5. The van der Waals surface area contributed by atoms with E-state index in [1.54, 1.807) is 4.90 Å². The number of benzene rings is 1. The second-order valence-electron chi connectivity index (χ2n) is 7.52. The van der Waals surface area contributed by atoms with Crippen LogP contribution in [0.25, 0.3) is 0 Å². The van der Waals surface area contributed by atoms with Crippen molar-refractivity contribution in [2.75, 3.05) is 26.2 Å². The van der Waals surface area contributed by atoms with E-state index in [1.165, 1.54) is 0 Å². The maximum atomic E-state index is 12.1. The van der Waals surface area contributed by atoms with Crippen molar-refractivity contribution in [1.29, 1.82) is 0 Å². The SMILES string of the molecule is CC(C)(C)OC(=O)N1CC[NH+]([C@H](CCc2ccccc2)C(=O)[O-])CC1. The van der Waals surface area contributed by atoms with E-state index in [-0.39, 0.29) is 6.09 Å². The number of aliphatic carboxylic acids is 1. The molecule has 1 aliphatic rings. The number of hydrogen-bond donors (Lipinski definition) is 1. The van der Waals surface area contributed by atoms with Crippen LogP contribution in [-0.2, 0) is 16.0 Å². The Hall–Kier alpha value is -2.08. The van der Waals surface area contributed by atoms with E-state index in [4.69, 9.17) is 4.74 Å². The van der Waals surface area contributed by atoms with Gasteiger partial charge in [-0.15, -0.1) is 0 Å². The highest BCUT2D eigenvalue weighted by molar-refractivity contribution is 5.70. The standard InChI is InChI=1S/C19H28N2O4/c1-19(2,3)25-18(24)21-13-11-20(12-14-21)16(17(22)23)10-9-15-7-5-4-6-8-15/h4-8,16H,9-14H2,1-3H3,(H,22,23)/t16-/m1/s1. The van der Waals surface area contributed by atoms with Crippen LogP contribution in [0.5, 0.6) is 0 Å². The molecule has 1 amide bonds. The Balaban J connectivity index is 1.87. The summed E-state index contributed by atoms with van der Waals surface area (Å²) in [6.45, 7) is 7.68. The predicted octanol–water partition coefficient (Wildman–Crippen LogP) is -0.127. The monoisotopic (exact) mass is 348 g/mol. The van der Waals surface area contributed by atoms with Gasteiger partial charge in [0.25, 0.3) is 0 Å². The number of carbonyl (C=O) groups is 2. The minimum atomic E-state index is -1.02. The second-order valence-corrected chi connectivity index (χ2v) is 7.52. The van der Waals surface area contributed by atoms with Gasteiger partial charge in [0.1, 0.15) is 11.6 Å². The minimum absolute atomic E-state index is 0.333. The molecule has 0 spiro atoms. The van der Waals surface area contributed by atoms with Gasteiger partial charge in [0, 0.05) is 6.42 Å². The molecule has 6 heteroatoms. The van der Waals surface area contributed by atoms with Crippen LogP contribution in [0.2, 0.25) is 0 Å². The summed E-state index contributed by atoms with van der Waals surface area (Å²) in [6, 6.07) is 9.30. The average Bonchev–Trinajstić information content (AvgIpc) is 2.54. The zero-order chi connectivity index (χ0) is 18.4. The molecular formula is C19H28N2O4. The van der Waals surface area contributed by atoms with Crippen molar-refractivity contribution < 1.29 is 24.3 Å². The van der Waals surface area contributed by atoms with Gasteiger partial charge < -0.3 is 19.5 Å². The van der Waals surface area contributed by atoms with Gasteiger partial charge in [0.05, 0.1) is 32.1 Å². The molecule has 138 valence electrons. The quantitative estimate of drug-likeness (QED) is 0.805. The summed E-state index contributed by atoms with van der Waals surface area (Å²) in [5.41, 5.74) is 0.602.